The van der Waals surface area contributed by atoms with E-state index in [1.165, 1.54) is 0 Å². The van der Waals surface area contributed by atoms with Gasteiger partial charge in [-0.05, 0) is 64.2 Å². The van der Waals surface area contributed by atoms with E-state index >= 15 is 0 Å². The Morgan fingerprint density at radius 2 is 2.07 bits per heavy atom. The highest BCUT2D eigenvalue weighted by Crippen LogP contribution is 2.33. The third kappa shape index (κ3) is 3.43. The van der Waals surface area contributed by atoms with Crippen molar-refractivity contribution in [3.63, 3.8) is 0 Å². The van der Waals surface area contributed by atoms with Crippen LogP contribution in [0.5, 0.6) is 11.5 Å². The van der Waals surface area contributed by atoms with Crippen LogP contribution in [-0.4, -0.2) is 18.5 Å². The first-order chi connectivity index (χ1) is 6.65. The van der Waals surface area contributed by atoms with Gasteiger partial charge in [0.1, 0.15) is 0 Å². The number of hydrogen-bond donors (Lipinski definition) is 1. The van der Waals surface area contributed by atoms with Crippen molar-refractivity contribution in [2.75, 3.05) is 13.4 Å². The highest BCUT2D eigenvalue weighted by molar-refractivity contribution is 14.1. The van der Waals surface area contributed by atoms with Crippen LogP contribution in [0.15, 0.2) is 12.1 Å². The minimum Gasteiger partial charge on any atom is -0.504 e. The largest absolute Gasteiger partial charge is 0.504 e. The van der Waals surface area contributed by atoms with Crippen molar-refractivity contribution >= 4 is 45.2 Å². The van der Waals surface area contributed by atoms with Crippen molar-refractivity contribution in [1.29, 1.82) is 0 Å². The van der Waals surface area contributed by atoms with Gasteiger partial charge >= 0.3 is 0 Å². The zero-order chi connectivity index (χ0) is 10.6. The highest BCUT2D eigenvalue weighted by Gasteiger charge is 2.08. The molecule has 1 aromatic rings. The molecular weight excluding hydrogens is 410 g/mol. The van der Waals surface area contributed by atoms with Crippen LogP contribution in [-0.2, 0) is 4.74 Å². The summed E-state index contributed by atoms with van der Waals surface area (Å²) in [6, 6.07) is 3.59. The van der Waals surface area contributed by atoms with E-state index in [0.29, 0.717) is 12.4 Å². The second kappa shape index (κ2) is 5.96. The van der Waals surface area contributed by atoms with Crippen molar-refractivity contribution in [3.8, 4) is 11.5 Å². The van der Waals surface area contributed by atoms with Crippen molar-refractivity contribution in [2.24, 2.45) is 0 Å². The first kappa shape index (κ1) is 12.3. The van der Waals surface area contributed by atoms with Gasteiger partial charge < -0.3 is 14.6 Å². The number of hydrogen-bond acceptors (Lipinski definition) is 3. The molecule has 0 saturated carbocycles. The first-order valence-corrected chi connectivity index (χ1v) is 6.19. The molecule has 0 spiro atoms. The van der Waals surface area contributed by atoms with Crippen LogP contribution in [0, 0.1) is 7.14 Å². The van der Waals surface area contributed by atoms with Gasteiger partial charge in [0.2, 0.25) is 0 Å². The smallest absolute Gasteiger partial charge is 0.189 e. The Bertz CT molecular complexity index is 292. The normalized spacial score (nSPS) is 10.2. The Balaban J connectivity index is 2.75. The summed E-state index contributed by atoms with van der Waals surface area (Å²) in [5.74, 6) is 0.639. The monoisotopic (exact) mass is 420 g/mol. The van der Waals surface area contributed by atoms with Crippen LogP contribution < -0.4 is 4.74 Å². The maximum absolute atomic E-state index is 9.58. The average molecular weight is 420 g/mol. The van der Waals surface area contributed by atoms with Crippen LogP contribution in [0.4, 0.5) is 0 Å². The van der Waals surface area contributed by atoms with E-state index in [1.807, 2.05) is 13.0 Å². The number of phenols is 1. The molecule has 1 aromatic carbocycles. The van der Waals surface area contributed by atoms with Crippen molar-refractivity contribution in [1.82, 2.24) is 0 Å². The Kier molecular flexibility index (Phi) is 5.24. The average Bonchev–Trinajstić information content (AvgIpc) is 2.09. The van der Waals surface area contributed by atoms with Gasteiger partial charge in [0.25, 0.3) is 0 Å². The zero-order valence-electron chi connectivity index (χ0n) is 7.59. The Labute approximate surface area is 110 Å². The molecule has 0 unspecified atom stereocenters. The summed E-state index contributed by atoms with van der Waals surface area (Å²) in [7, 11) is 0. The molecule has 14 heavy (non-hydrogen) atoms. The Hall–Kier alpha value is 0.240. The van der Waals surface area contributed by atoms with Gasteiger partial charge in [-0.15, -0.1) is 0 Å². The molecule has 0 heterocycles. The molecule has 0 radical (unpaired) electrons. The molecule has 0 aliphatic rings. The standard InChI is InChI=1S/C9H10I2O3/c1-2-13-5-14-9-7(11)3-6(10)4-8(9)12/h3-4,12H,2,5H2,1H3. The van der Waals surface area contributed by atoms with Gasteiger partial charge in [-0.3, -0.25) is 0 Å². The third-order valence-corrected chi connectivity index (χ3v) is 2.90. The molecule has 0 aliphatic heterocycles. The summed E-state index contributed by atoms with van der Waals surface area (Å²) < 4.78 is 12.2. The molecule has 78 valence electrons. The summed E-state index contributed by atoms with van der Waals surface area (Å²) in [5.41, 5.74) is 0. The van der Waals surface area contributed by atoms with Crippen LogP contribution in [0.25, 0.3) is 0 Å². The highest BCUT2D eigenvalue weighted by atomic mass is 127. The van der Waals surface area contributed by atoms with Crippen LogP contribution in [0.3, 0.4) is 0 Å². The predicted molar refractivity (Wildman–Crippen MR) is 70.7 cm³/mol. The number of ether oxygens (including phenoxy) is 2. The number of aromatic hydroxyl groups is 1. The van der Waals surface area contributed by atoms with Crippen LogP contribution in [0.2, 0.25) is 0 Å². The summed E-state index contributed by atoms with van der Waals surface area (Å²) in [6.07, 6.45) is 0. The van der Waals surface area contributed by atoms with Gasteiger partial charge in [-0.1, -0.05) is 0 Å². The maximum Gasteiger partial charge on any atom is 0.189 e. The van der Waals surface area contributed by atoms with E-state index in [2.05, 4.69) is 45.2 Å². The van der Waals surface area contributed by atoms with E-state index in [0.717, 1.165) is 7.14 Å². The molecule has 1 N–H and O–H groups in total. The van der Waals surface area contributed by atoms with Gasteiger partial charge in [0.15, 0.2) is 18.3 Å². The van der Waals surface area contributed by atoms with E-state index in [4.69, 9.17) is 9.47 Å². The van der Waals surface area contributed by atoms with Crippen LogP contribution in [0.1, 0.15) is 6.92 Å². The van der Waals surface area contributed by atoms with E-state index in [-0.39, 0.29) is 12.5 Å². The molecule has 5 heteroatoms. The van der Waals surface area contributed by atoms with E-state index in [9.17, 15) is 5.11 Å². The molecule has 0 aliphatic carbocycles. The summed E-state index contributed by atoms with van der Waals surface area (Å²) in [5, 5.41) is 9.58. The van der Waals surface area contributed by atoms with Crippen molar-refractivity contribution in [2.45, 2.75) is 6.92 Å². The molecule has 0 aromatic heterocycles. The third-order valence-electron chi connectivity index (χ3n) is 1.48. The minimum absolute atomic E-state index is 0.154. The number of phenolic OH excluding ortho intramolecular Hbond substituents is 1. The molecule has 3 nitrogen and oxygen atoms in total. The lowest BCUT2D eigenvalue weighted by atomic mass is 10.3. The fourth-order valence-electron chi connectivity index (χ4n) is 0.874. The van der Waals surface area contributed by atoms with Crippen molar-refractivity contribution in [3.05, 3.63) is 19.3 Å². The Morgan fingerprint density at radius 1 is 1.36 bits per heavy atom. The molecule has 0 bridgehead atoms. The van der Waals surface area contributed by atoms with Gasteiger partial charge in [-0.25, -0.2) is 0 Å². The fourth-order valence-corrected chi connectivity index (χ4v) is 2.84. The maximum atomic E-state index is 9.58. The minimum atomic E-state index is 0.154. The Morgan fingerprint density at radius 3 is 2.64 bits per heavy atom. The number of rotatable bonds is 4. The molecule has 1 rings (SSSR count). The fraction of sp³-hybridized carbons (Fsp3) is 0.333. The molecular formula is C9H10I2O3. The lowest BCUT2D eigenvalue weighted by Gasteiger charge is -2.09. The van der Waals surface area contributed by atoms with E-state index in [1.54, 1.807) is 6.07 Å². The molecule has 0 saturated heterocycles. The topological polar surface area (TPSA) is 38.7 Å². The number of halogens is 2. The summed E-state index contributed by atoms with van der Waals surface area (Å²) in [6.45, 7) is 2.66. The SMILES string of the molecule is CCOCOc1c(O)cc(I)cc1I. The lowest BCUT2D eigenvalue weighted by molar-refractivity contribution is 0.0203. The molecule has 0 amide bonds. The van der Waals surface area contributed by atoms with Gasteiger partial charge in [-0.2, -0.15) is 0 Å². The quantitative estimate of drug-likeness (QED) is 0.463. The first-order valence-electron chi connectivity index (χ1n) is 4.03. The predicted octanol–water partition coefficient (Wildman–Crippen LogP) is 2.97. The second-order valence-corrected chi connectivity index (χ2v) is 4.90. The summed E-state index contributed by atoms with van der Waals surface area (Å²) >= 11 is 4.26. The zero-order valence-corrected chi connectivity index (χ0v) is 11.9. The van der Waals surface area contributed by atoms with Gasteiger partial charge in [0, 0.05) is 10.2 Å². The van der Waals surface area contributed by atoms with Gasteiger partial charge in [0.05, 0.1) is 3.57 Å². The van der Waals surface area contributed by atoms with Crippen LogP contribution >= 0.6 is 45.2 Å². The number of benzene rings is 1. The molecule has 0 fully saturated rings. The van der Waals surface area contributed by atoms with E-state index < -0.39 is 0 Å². The summed E-state index contributed by atoms with van der Waals surface area (Å²) in [4.78, 5) is 0. The second-order valence-electron chi connectivity index (χ2n) is 2.49. The molecule has 0 atom stereocenters. The lowest BCUT2D eigenvalue weighted by Crippen LogP contribution is -2.03. The van der Waals surface area contributed by atoms with Crippen molar-refractivity contribution < 1.29 is 14.6 Å².